The second kappa shape index (κ2) is 11.2. The summed E-state index contributed by atoms with van der Waals surface area (Å²) in [6.07, 6.45) is 1.56. The average molecular weight is 475 g/mol. The Morgan fingerprint density at radius 1 is 1.00 bits per heavy atom. The molecule has 0 spiro atoms. The van der Waals surface area contributed by atoms with Gasteiger partial charge in [-0.25, -0.2) is 5.43 Å². The van der Waals surface area contributed by atoms with Crippen LogP contribution in [0, 0.1) is 0 Å². The molecule has 0 fully saturated rings. The minimum absolute atomic E-state index is 0.307. The third kappa shape index (κ3) is 6.24. The maximum atomic E-state index is 12.4. The lowest BCUT2D eigenvalue weighted by molar-refractivity contribution is 0.0950. The Bertz CT molecular complexity index is 1250. The van der Waals surface area contributed by atoms with Crippen LogP contribution < -0.4 is 14.9 Å². The SMILES string of the molecule is CCOc1ccc(/C=N\NC(=O)c2cc(-c3ccc(OCc4ccc(Cl)cc4)cc3)n[nH]2)cc1. The molecule has 0 saturated heterocycles. The van der Waals surface area contributed by atoms with E-state index in [0.29, 0.717) is 29.6 Å². The number of amides is 1. The van der Waals surface area contributed by atoms with Gasteiger partial charge in [-0.05, 0) is 84.8 Å². The molecule has 0 saturated carbocycles. The van der Waals surface area contributed by atoms with E-state index in [4.69, 9.17) is 21.1 Å². The number of aromatic amines is 1. The Morgan fingerprint density at radius 2 is 1.68 bits per heavy atom. The number of rotatable bonds is 9. The molecule has 0 unspecified atom stereocenters. The van der Waals surface area contributed by atoms with E-state index < -0.39 is 0 Å². The van der Waals surface area contributed by atoms with Crippen LogP contribution in [0.4, 0.5) is 0 Å². The number of benzene rings is 3. The molecule has 4 aromatic rings. The zero-order chi connectivity index (χ0) is 23.8. The largest absolute Gasteiger partial charge is 0.494 e. The van der Waals surface area contributed by atoms with Crippen LogP contribution in [0.3, 0.4) is 0 Å². The summed E-state index contributed by atoms with van der Waals surface area (Å²) in [6, 6.07) is 24.1. The maximum absolute atomic E-state index is 12.4. The Morgan fingerprint density at radius 3 is 2.38 bits per heavy atom. The minimum atomic E-state index is -0.385. The first-order valence-electron chi connectivity index (χ1n) is 10.7. The highest BCUT2D eigenvalue weighted by molar-refractivity contribution is 6.30. The first kappa shape index (κ1) is 23.1. The lowest BCUT2D eigenvalue weighted by Crippen LogP contribution is -2.17. The van der Waals surface area contributed by atoms with Crippen LogP contribution in [-0.4, -0.2) is 28.9 Å². The number of carbonyl (C=O) groups excluding carboxylic acids is 1. The number of hydrogen-bond acceptors (Lipinski definition) is 5. The summed E-state index contributed by atoms with van der Waals surface area (Å²) < 4.78 is 11.2. The van der Waals surface area contributed by atoms with Crippen molar-refractivity contribution in [2.45, 2.75) is 13.5 Å². The van der Waals surface area contributed by atoms with Crippen LogP contribution in [0.1, 0.15) is 28.5 Å². The van der Waals surface area contributed by atoms with Gasteiger partial charge < -0.3 is 9.47 Å². The van der Waals surface area contributed by atoms with Crippen LogP contribution in [0.5, 0.6) is 11.5 Å². The summed E-state index contributed by atoms with van der Waals surface area (Å²) in [7, 11) is 0. The Balaban J connectivity index is 1.31. The van der Waals surface area contributed by atoms with Crippen molar-refractivity contribution in [3.05, 3.63) is 101 Å². The summed E-state index contributed by atoms with van der Waals surface area (Å²) in [6.45, 7) is 2.98. The highest BCUT2D eigenvalue weighted by Gasteiger charge is 2.10. The molecule has 4 rings (SSSR count). The summed E-state index contributed by atoms with van der Waals surface area (Å²) in [4.78, 5) is 12.4. The summed E-state index contributed by atoms with van der Waals surface area (Å²) in [5.41, 5.74) is 6.17. The number of nitrogens with one attached hydrogen (secondary N) is 2. The smallest absolute Gasteiger partial charge is 0.289 e. The molecule has 8 heteroatoms. The van der Waals surface area contributed by atoms with Gasteiger partial charge in [-0.3, -0.25) is 9.89 Å². The first-order valence-corrected chi connectivity index (χ1v) is 11.1. The molecule has 7 nitrogen and oxygen atoms in total. The molecule has 34 heavy (non-hydrogen) atoms. The number of hydrazone groups is 1. The van der Waals surface area contributed by atoms with Crippen molar-refractivity contribution in [3.63, 3.8) is 0 Å². The third-order valence-corrected chi connectivity index (χ3v) is 5.11. The second-order valence-corrected chi connectivity index (χ2v) is 7.74. The normalized spacial score (nSPS) is 10.9. The predicted molar refractivity (Wildman–Crippen MR) is 132 cm³/mol. The van der Waals surface area contributed by atoms with Crippen LogP contribution in [-0.2, 0) is 6.61 Å². The van der Waals surface area contributed by atoms with Gasteiger partial charge in [0, 0.05) is 10.6 Å². The number of hydrogen-bond donors (Lipinski definition) is 2. The Hall–Kier alpha value is -4.10. The minimum Gasteiger partial charge on any atom is -0.494 e. The molecule has 0 aliphatic heterocycles. The van der Waals surface area contributed by atoms with Gasteiger partial charge in [0.15, 0.2) is 0 Å². The van der Waals surface area contributed by atoms with Crippen LogP contribution in [0.15, 0.2) is 84.0 Å². The Labute approximate surface area is 202 Å². The van der Waals surface area contributed by atoms with Crippen molar-refractivity contribution in [2.75, 3.05) is 6.61 Å². The predicted octanol–water partition coefficient (Wildman–Crippen LogP) is 5.47. The lowest BCUT2D eigenvalue weighted by atomic mass is 10.1. The third-order valence-electron chi connectivity index (χ3n) is 4.86. The molecule has 0 aliphatic rings. The van der Waals surface area contributed by atoms with E-state index in [-0.39, 0.29) is 5.91 Å². The monoisotopic (exact) mass is 474 g/mol. The molecule has 172 valence electrons. The second-order valence-electron chi connectivity index (χ2n) is 7.31. The summed E-state index contributed by atoms with van der Waals surface area (Å²) in [5.74, 6) is 1.13. The van der Waals surface area contributed by atoms with Gasteiger partial charge in [0.1, 0.15) is 23.8 Å². The zero-order valence-corrected chi connectivity index (χ0v) is 19.3. The molecule has 0 bridgehead atoms. The molecule has 1 amide bonds. The molecule has 3 aromatic carbocycles. The van der Waals surface area contributed by atoms with Crippen molar-refractivity contribution in [1.82, 2.24) is 15.6 Å². The maximum Gasteiger partial charge on any atom is 0.289 e. The number of halogens is 1. The topological polar surface area (TPSA) is 88.6 Å². The highest BCUT2D eigenvalue weighted by Crippen LogP contribution is 2.22. The van der Waals surface area contributed by atoms with Crippen LogP contribution in [0.2, 0.25) is 5.02 Å². The van der Waals surface area contributed by atoms with Gasteiger partial charge in [-0.1, -0.05) is 23.7 Å². The van der Waals surface area contributed by atoms with Gasteiger partial charge >= 0.3 is 0 Å². The molecule has 2 N–H and O–H groups in total. The highest BCUT2D eigenvalue weighted by atomic mass is 35.5. The van der Waals surface area contributed by atoms with Crippen molar-refractivity contribution in [1.29, 1.82) is 0 Å². The molecule has 0 radical (unpaired) electrons. The fourth-order valence-electron chi connectivity index (χ4n) is 3.10. The van der Waals surface area contributed by atoms with E-state index >= 15 is 0 Å². The number of nitrogens with zero attached hydrogens (tertiary/aromatic N) is 2. The van der Waals surface area contributed by atoms with Gasteiger partial charge in [-0.2, -0.15) is 10.2 Å². The van der Waals surface area contributed by atoms with Gasteiger partial charge in [0.25, 0.3) is 5.91 Å². The van der Waals surface area contributed by atoms with Crippen molar-refractivity contribution < 1.29 is 14.3 Å². The summed E-state index contributed by atoms with van der Waals surface area (Å²) >= 11 is 5.90. The average Bonchev–Trinajstić information content (AvgIpc) is 3.36. The van der Waals surface area contributed by atoms with E-state index in [1.165, 1.54) is 0 Å². The zero-order valence-electron chi connectivity index (χ0n) is 18.5. The van der Waals surface area contributed by atoms with E-state index in [2.05, 4.69) is 20.7 Å². The molecule has 0 aliphatic carbocycles. The molecule has 0 atom stereocenters. The van der Waals surface area contributed by atoms with Gasteiger partial charge in [0.05, 0.1) is 18.5 Å². The molecular formula is C26H23ClN4O3. The van der Waals surface area contributed by atoms with E-state index in [1.807, 2.05) is 79.7 Å². The number of aromatic nitrogens is 2. The van der Waals surface area contributed by atoms with Gasteiger partial charge in [-0.15, -0.1) is 0 Å². The van der Waals surface area contributed by atoms with E-state index in [9.17, 15) is 4.79 Å². The van der Waals surface area contributed by atoms with Crippen LogP contribution >= 0.6 is 11.6 Å². The number of H-pyrrole nitrogens is 1. The van der Waals surface area contributed by atoms with Crippen molar-refractivity contribution >= 4 is 23.7 Å². The Kier molecular flexibility index (Phi) is 7.57. The van der Waals surface area contributed by atoms with Gasteiger partial charge in [0.2, 0.25) is 0 Å². The fourth-order valence-corrected chi connectivity index (χ4v) is 3.22. The van der Waals surface area contributed by atoms with E-state index in [0.717, 1.165) is 28.2 Å². The van der Waals surface area contributed by atoms with Crippen molar-refractivity contribution in [3.8, 4) is 22.8 Å². The van der Waals surface area contributed by atoms with E-state index in [1.54, 1.807) is 12.3 Å². The summed E-state index contributed by atoms with van der Waals surface area (Å²) in [5, 5.41) is 11.7. The lowest BCUT2D eigenvalue weighted by Gasteiger charge is -2.07. The molecular weight excluding hydrogens is 452 g/mol. The first-order chi connectivity index (χ1) is 16.6. The fraction of sp³-hybridized carbons (Fsp3) is 0.115. The van der Waals surface area contributed by atoms with Crippen LogP contribution in [0.25, 0.3) is 11.3 Å². The standard InChI is InChI=1S/C26H23ClN4O3/c1-2-33-22-11-5-18(6-12-22)16-28-31-26(32)25-15-24(29-30-25)20-7-13-23(14-8-20)34-17-19-3-9-21(27)10-4-19/h3-16H,2,17H2,1H3,(H,29,30)(H,31,32)/b28-16-. The molecule has 1 aromatic heterocycles. The quantitative estimate of drug-likeness (QED) is 0.248. The number of carbonyl (C=O) groups is 1. The molecule has 1 heterocycles. The number of ether oxygens (including phenoxy) is 2. The van der Waals surface area contributed by atoms with Crippen molar-refractivity contribution in [2.24, 2.45) is 5.10 Å².